The zero-order chi connectivity index (χ0) is 12.8. The second kappa shape index (κ2) is 4.53. The minimum Gasteiger partial charge on any atom is -0.387 e. The van der Waals surface area contributed by atoms with Crippen LogP contribution in [0.1, 0.15) is 30.1 Å². The van der Waals surface area contributed by atoms with Gasteiger partial charge >= 0.3 is 0 Å². The molecule has 1 aliphatic rings. The van der Waals surface area contributed by atoms with Gasteiger partial charge in [-0.15, -0.1) is 11.3 Å². The maximum Gasteiger partial charge on any atom is 0.100 e. The molecule has 94 valence electrons. The number of rotatable bonds is 3. The summed E-state index contributed by atoms with van der Waals surface area (Å²) in [5.41, 5.74) is 1.76. The largest absolute Gasteiger partial charge is 0.387 e. The maximum atomic E-state index is 10.6. The first-order valence-electron chi connectivity index (χ1n) is 5.82. The normalized spacial score (nSPS) is 18.6. The molecule has 1 aliphatic carbocycles. The van der Waals surface area contributed by atoms with Crippen molar-refractivity contribution < 1.29 is 5.11 Å². The van der Waals surface area contributed by atoms with E-state index in [9.17, 15) is 5.11 Å². The van der Waals surface area contributed by atoms with Gasteiger partial charge in [0.25, 0.3) is 0 Å². The molecular weight excluding hydrogens is 287 g/mol. The van der Waals surface area contributed by atoms with E-state index < -0.39 is 6.10 Å². The van der Waals surface area contributed by atoms with E-state index in [4.69, 9.17) is 23.2 Å². The molecule has 1 fully saturated rings. The van der Waals surface area contributed by atoms with E-state index in [0.717, 1.165) is 18.4 Å². The third-order valence-corrected chi connectivity index (χ3v) is 5.16. The van der Waals surface area contributed by atoms with Crippen LogP contribution in [-0.2, 0) is 5.41 Å². The van der Waals surface area contributed by atoms with Crippen LogP contribution in [-0.4, -0.2) is 5.11 Å². The van der Waals surface area contributed by atoms with Crippen molar-refractivity contribution in [1.29, 1.82) is 0 Å². The van der Waals surface area contributed by atoms with Crippen LogP contribution in [0.3, 0.4) is 0 Å². The van der Waals surface area contributed by atoms with Crippen molar-refractivity contribution in [2.24, 2.45) is 0 Å². The highest BCUT2D eigenvalue weighted by Crippen LogP contribution is 2.58. The highest BCUT2D eigenvalue weighted by Gasteiger charge is 2.51. The van der Waals surface area contributed by atoms with E-state index >= 15 is 0 Å². The average molecular weight is 299 g/mol. The number of halogens is 2. The lowest BCUT2D eigenvalue weighted by molar-refractivity contribution is 0.133. The summed E-state index contributed by atoms with van der Waals surface area (Å²) < 4.78 is 1.22. The van der Waals surface area contributed by atoms with Crippen LogP contribution in [0.15, 0.2) is 36.4 Å². The summed E-state index contributed by atoms with van der Waals surface area (Å²) >= 11 is 13.4. The molecule has 2 aromatic rings. The summed E-state index contributed by atoms with van der Waals surface area (Å²) in [5.74, 6) is 0. The zero-order valence-electron chi connectivity index (χ0n) is 9.57. The highest BCUT2D eigenvalue weighted by molar-refractivity contribution is 7.20. The van der Waals surface area contributed by atoms with Crippen LogP contribution in [0.4, 0.5) is 0 Å². The summed E-state index contributed by atoms with van der Waals surface area (Å²) in [6, 6.07) is 11.9. The maximum absolute atomic E-state index is 10.6. The fourth-order valence-electron chi connectivity index (χ4n) is 2.46. The highest BCUT2D eigenvalue weighted by atomic mass is 35.5. The smallest absolute Gasteiger partial charge is 0.100 e. The number of hydrogen-bond acceptors (Lipinski definition) is 2. The van der Waals surface area contributed by atoms with E-state index in [2.05, 4.69) is 12.1 Å². The number of benzene rings is 1. The monoisotopic (exact) mass is 298 g/mol. The van der Waals surface area contributed by atoms with Crippen LogP contribution in [0.5, 0.6) is 0 Å². The quantitative estimate of drug-likeness (QED) is 0.861. The van der Waals surface area contributed by atoms with E-state index in [-0.39, 0.29) is 5.41 Å². The predicted molar refractivity (Wildman–Crippen MR) is 76.7 cm³/mol. The van der Waals surface area contributed by atoms with E-state index in [1.54, 1.807) is 6.07 Å². The second-order valence-corrected chi connectivity index (χ2v) is 6.99. The molecule has 3 rings (SSSR count). The van der Waals surface area contributed by atoms with Gasteiger partial charge in [-0.2, -0.15) is 0 Å². The minimum atomic E-state index is -0.573. The second-order valence-electron chi connectivity index (χ2n) is 4.70. The molecule has 0 radical (unpaired) electrons. The molecule has 0 aliphatic heterocycles. The van der Waals surface area contributed by atoms with Crippen molar-refractivity contribution in [1.82, 2.24) is 0 Å². The molecule has 1 atom stereocenters. The van der Waals surface area contributed by atoms with Crippen LogP contribution in [0.25, 0.3) is 0 Å². The molecule has 0 spiro atoms. The van der Waals surface area contributed by atoms with Gasteiger partial charge in [0.2, 0.25) is 0 Å². The Balaban J connectivity index is 1.98. The fraction of sp³-hybridized carbons (Fsp3) is 0.286. The molecular formula is C14H12Cl2OS. The summed E-state index contributed by atoms with van der Waals surface area (Å²) in [6.07, 6.45) is 1.40. The number of aliphatic hydroxyl groups is 1. The Labute approximate surface area is 120 Å². The lowest BCUT2D eigenvalue weighted by Gasteiger charge is -2.22. The molecule has 1 aromatic heterocycles. The zero-order valence-corrected chi connectivity index (χ0v) is 11.9. The lowest BCUT2D eigenvalue weighted by Crippen LogP contribution is -2.18. The Morgan fingerprint density at radius 2 is 1.83 bits per heavy atom. The average Bonchev–Trinajstić information content (AvgIpc) is 3.11. The lowest BCUT2D eigenvalue weighted by atomic mass is 9.87. The molecule has 4 heteroatoms. The Morgan fingerprint density at radius 1 is 1.17 bits per heavy atom. The number of thiophene rings is 1. The van der Waals surface area contributed by atoms with Crippen molar-refractivity contribution in [3.8, 4) is 0 Å². The Morgan fingerprint density at radius 3 is 2.33 bits per heavy atom. The van der Waals surface area contributed by atoms with Gasteiger partial charge in [0.05, 0.1) is 10.4 Å². The molecule has 0 bridgehead atoms. The van der Waals surface area contributed by atoms with Crippen LogP contribution in [0.2, 0.25) is 8.67 Å². The summed E-state index contributed by atoms with van der Waals surface area (Å²) in [5, 5.41) is 10.6. The molecule has 1 heterocycles. The third-order valence-electron chi connectivity index (χ3n) is 3.64. The molecule has 0 amide bonds. The van der Waals surface area contributed by atoms with Crippen molar-refractivity contribution in [3.05, 3.63) is 56.2 Å². The standard InChI is InChI=1S/C14H12Cl2OS/c15-11-8-10(13(16)18-11)12(17)14(6-7-14)9-4-2-1-3-5-9/h1-5,8,12,17H,6-7H2. The van der Waals surface area contributed by atoms with Crippen LogP contribution >= 0.6 is 34.5 Å². The summed E-state index contributed by atoms with van der Waals surface area (Å²) in [6.45, 7) is 0. The fourth-order valence-corrected chi connectivity index (χ4v) is 3.98. The topological polar surface area (TPSA) is 20.2 Å². The van der Waals surface area contributed by atoms with Gasteiger partial charge in [-0.3, -0.25) is 0 Å². The van der Waals surface area contributed by atoms with Crippen molar-refractivity contribution in [3.63, 3.8) is 0 Å². The van der Waals surface area contributed by atoms with Gasteiger partial charge in [-0.05, 0) is 24.5 Å². The predicted octanol–water partition coefficient (Wildman–Crippen LogP) is 4.82. The van der Waals surface area contributed by atoms with Gasteiger partial charge in [0.1, 0.15) is 4.34 Å². The Bertz CT molecular complexity index is 560. The van der Waals surface area contributed by atoms with Crippen LogP contribution < -0.4 is 0 Å². The third kappa shape index (κ3) is 1.97. The SMILES string of the molecule is OC(c1cc(Cl)sc1Cl)C1(c2ccccc2)CC1. The first-order chi connectivity index (χ1) is 8.63. The Hall–Kier alpha value is -0.540. The number of hydrogen-bond donors (Lipinski definition) is 1. The number of aliphatic hydroxyl groups excluding tert-OH is 1. The summed E-state index contributed by atoms with van der Waals surface area (Å²) in [4.78, 5) is 0. The molecule has 1 aromatic carbocycles. The van der Waals surface area contributed by atoms with E-state index in [1.807, 2.05) is 18.2 Å². The minimum absolute atomic E-state index is 0.171. The van der Waals surface area contributed by atoms with E-state index in [1.165, 1.54) is 16.9 Å². The molecule has 18 heavy (non-hydrogen) atoms. The first-order valence-corrected chi connectivity index (χ1v) is 7.39. The van der Waals surface area contributed by atoms with Crippen LogP contribution in [0, 0.1) is 0 Å². The molecule has 1 nitrogen and oxygen atoms in total. The Kier molecular flexibility index (Phi) is 3.15. The first kappa shape index (κ1) is 12.5. The van der Waals surface area contributed by atoms with Gasteiger partial charge in [-0.1, -0.05) is 53.5 Å². The van der Waals surface area contributed by atoms with E-state index in [0.29, 0.717) is 8.67 Å². The van der Waals surface area contributed by atoms with Crippen molar-refractivity contribution in [2.45, 2.75) is 24.4 Å². The van der Waals surface area contributed by atoms with Gasteiger partial charge in [-0.25, -0.2) is 0 Å². The summed E-state index contributed by atoms with van der Waals surface area (Å²) in [7, 11) is 0. The molecule has 1 unspecified atom stereocenters. The van der Waals surface area contributed by atoms with Gasteiger partial charge in [0, 0.05) is 11.0 Å². The molecule has 0 saturated heterocycles. The van der Waals surface area contributed by atoms with Gasteiger partial charge in [0.15, 0.2) is 0 Å². The van der Waals surface area contributed by atoms with Crippen molar-refractivity contribution >= 4 is 34.5 Å². The molecule has 1 N–H and O–H groups in total. The van der Waals surface area contributed by atoms with Gasteiger partial charge < -0.3 is 5.11 Å². The molecule has 1 saturated carbocycles. The van der Waals surface area contributed by atoms with Crippen molar-refractivity contribution in [2.75, 3.05) is 0 Å².